The summed E-state index contributed by atoms with van der Waals surface area (Å²) in [5.41, 5.74) is 7.16. The lowest BCUT2D eigenvalue weighted by atomic mass is 9.94. The molecule has 0 spiro atoms. The highest BCUT2D eigenvalue weighted by atomic mass is 16.1. The molecule has 7 rings (SSSR count). The molecule has 176 valence electrons. The molecule has 1 aliphatic carbocycles. The summed E-state index contributed by atoms with van der Waals surface area (Å²) in [6, 6.07) is 33.0. The van der Waals surface area contributed by atoms with Gasteiger partial charge < -0.3 is 0 Å². The van der Waals surface area contributed by atoms with Crippen LogP contribution in [0.4, 0.5) is 0 Å². The SMILES string of the molecule is O=c1c2ccccc2c2cc3ncccc3cc2n1-c1cc(C2=CCCC=C2)cc(-c2ccccc2)c1. The van der Waals surface area contributed by atoms with E-state index >= 15 is 0 Å². The Morgan fingerprint density at radius 1 is 0.676 bits per heavy atom. The molecule has 0 radical (unpaired) electrons. The lowest BCUT2D eigenvalue weighted by molar-refractivity contribution is 1.04. The minimum absolute atomic E-state index is 0.0179. The van der Waals surface area contributed by atoms with Crippen molar-refractivity contribution in [3.63, 3.8) is 0 Å². The Morgan fingerprint density at radius 3 is 2.32 bits per heavy atom. The summed E-state index contributed by atoms with van der Waals surface area (Å²) >= 11 is 0. The molecular formula is C34H24N2O. The molecule has 0 fully saturated rings. The highest BCUT2D eigenvalue weighted by molar-refractivity contribution is 6.10. The number of benzene rings is 4. The van der Waals surface area contributed by atoms with E-state index in [9.17, 15) is 4.79 Å². The van der Waals surface area contributed by atoms with E-state index in [1.54, 1.807) is 0 Å². The van der Waals surface area contributed by atoms with Crippen LogP contribution in [0.15, 0.2) is 126 Å². The van der Waals surface area contributed by atoms with Crippen molar-refractivity contribution in [2.75, 3.05) is 0 Å². The van der Waals surface area contributed by atoms with Crippen LogP contribution in [0.25, 0.3) is 55.0 Å². The first-order valence-corrected chi connectivity index (χ1v) is 12.7. The fourth-order valence-corrected chi connectivity index (χ4v) is 5.43. The van der Waals surface area contributed by atoms with Crippen molar-refractivity contribution in [2.45, 2.75) is 12.8 Å². The van der Waals surface area contributed by atoms with E-state index in [0.29, 0.717) is 5.39 Å². The van der Waals surface area contributed by atoms with Crippen molar-refractivity contribution in [1.82, 2.24) is 9.55 Å². The second-order valence-electron chi connectivity index (χ2n) is 9.53. The number of fused-ring (bicyclic) bond motifs is 4. The summed E-state index contributed by atoms with van der Waals surface area (Å²) in [4.78, 5) is 18.7. The predicted octanol–water partition coefficient (Wildman–Crippen LogP) is 8.09. The van der Waals surface area contributed by atoms with E-state index in [2.05, 4.69) is 83.9 Å². The maximum absolute atomic E-state index is 14.1. The number of nitrogens with zero attached hydrogens (tertiary/aromatic N) is 2. The monoisotopic (exact) mass is 476 g/mol. The molecule has 2 aromatic heterocycles. The van der Waals surface area contributed by atoms with E-state index in [-0.39, 0.29) is 5.56 Å². The molecular weight excluding hydrogens is 452 g/mol. The number of rotatable bonds is 3. The van der Waals surface area contributed by atoms with Gasteiger partial charge in [0.15, 0.2) is 0 Å². The molecule has 0 atom stereocenters. The van der Waals surface area contributed by atoms with Gasteiger partial charge in [0.1, 0.15) is 0 Å². The van der Waals surface area contributed by atoms with Crippen molar-refractivity contribution in [3.05, 3.63) is 137 Å². The van der Waals surface area contributed by atoms with Gasteiger partial charge in [-0.2, -0.15) is 0 Å². The lowest BCUT2D eigenvalue weighted by Gasteiger charge is -2.18. The molecule has 0 saturated heterocycles. The van der Waals surface area contributed by atoms with Gasteiger partial charge in [-0.25, -0.2) is 0 Å². The minimum Gasteiger partial charge on any atom is -0.276 e. The zero-order valence-corrected chi connectivity index (χ0v) is 20.3. The van der Waals surface area contributed by atoms with Crippen LogP contribution in [0.2, 0.25) is 0 Å². The molecule has 0 amide bonds. The topological polar surface area (TPSA) is 34.9 Å². The third kappa shape index (κ3) is 3.68. The van der Waals surface area contributed by atoms with Crippen LogP contribution in [0, 0.1) is 0 Å². The number of hydrogen-bond donors (Lipinski definition) is 0. The van der Waals surface area contributed by atoms with Gasteiger partial charge in [-0.3, -0.25) is 14.3 Å². The fourth-order valence-electron chi connectivity index (χ4n) is 5.43. The molecule has 0 aliphatic heterocycles. The Kier molecular flexibility index (Phi) is 5.07. The standard InChI is InChI=1S/C34H24N2O/c37-34-30-16-8-7-15-29(30)31-22-32-25(14-9-17-35-32)21-33(31)36(34)28-19-26(23-10-3-1-4-11-23)18-27(20-28)24-12-5-2-6-13-24/h1,3-5,7-22H,2,6H2. The average molecular weight is 477 g/mol. The molecule has 6 aromatic rings. The summed E-state index contributed by atoms with van der Waals surface area (Å²) in [5, 5.41) is 3.68. The molecule has 3 nitrogen and oxygen atoms in total. The minimum atomic E-state index is -0.0179. The molecule has 3 heteroatoms. The Morgan fingerprint density at radius 2 is 1.49 bits per heavy atom. The zero-order valence-electron chi connectivity index (χ0n) is 20.3. The van der Waals surface area contributed by atoms with Crippen LogP contribution < -0.4 is 5.56 Å². The van der Waals surface area contributed by atoms with Crippen LogP contribution in [0.1, 0.15) is 18.4 Å². The average Bonchev–Trinajstić information content (AvgIpc) is 2.97. The van der Waals surface area contributed by atoms with E-state index in [1.165, 1.54) is 5.57 Å². The highest BCUT2D eigenvalue weighted by Gasteiger charge is 2.16. The zero-order chi connectivity index (χ0) is 24.8. The number of aromatic nitrogens is 2. The van der Waals surface area contributed by atoms with Crippen molar-refractivity contribution in [3.8, 4) is 16.8 Å². The van der Waals surface area contributed by atoms with Gasteiger partial charge >= 0.3 is 0 Å². The first-order valence-electron chi connectivity index (χ1n) is 12.7. The Balaban J connectivity index is 1.61. The van der Waals surface area contributed by atoms with E-state index in [0.717, 1.165) is 62.4 Å². The van der Waals surface area contributed by atoms with Gasteiger partial charge in [-0.15, -0.1) is 0 Å². The first kappa shape index (κ1) is 21.5. The number of pyridine rings is 2. The van der Waals surface area contributed by atoms with E-state index in [4.69, 9.17) is 0 Å². The third-order valence-electron chi connectivity index (χ3n) is 7.22. The van der Waals surface area contributed by atoms with Crippen LogP contribution in [-0.4, -0.2) is 9.55 Å². The van der Waals surface area contributed by atoms with Gasteiger partial charge in [-0.1, -0.05) is 72.8 Å². The Bertz CT molecular complexity index is 1940. The smallest absolute Gasteiger partial charge is 0.263 e. The summed E-state index contributed by atoms with van der Waals surface area (Å²) in [7, 11) is 0. The quantitative estimate of drug-likeness (QED) is 0.191. The lowest BCUT2D eigenvalue weighted by Crippen LogP contribution is -2.19. The van der Waals surface area contributed by atoms with E-state index in [1.807, 2.05) is 47.2 Å². The summed E-state index contributed by atoms with van der Waals surface area (Å²) in [6.45, 7) is 0. The largest absolute Gasteiger partial charge is 0.276 e. The molecule has 0 unspecified atom stereocenters. The van der Waals surface area contributed by atoms with Crippen molar-refractivity contribution >= 4 is 38.2 Å². The Labute approximate surface area is 214 Å². The summed E-state index contributed by atoms with van der Waals surface area (Å²) in [6.07, 6.45) is 10.6. The highest BCUT2D eigenvalue weighted by Crippen LogP contribution is 2.33. The van der Waals surface area contributed by atoms with Crippen molar-refractivity contribution in [1.29, 1.82) is 0 Å². The fraction of sp³-hybridized carbons (Fsp3) is 0.0588. The molecule has 4 aromatic carbocycles. The van der Waals surface area contributed by atoms with Crippen LogP contribution in [0.5, 0.6) is 0 Å². The summed E-state index contributed by atoms with van der Waals surface area (Å²) < 4.78 is 1.88. The van der Waals surface area contributed by atoms with Gasteiger partial charge in [-0.05, 0) is 83.0 Å². The van der Waals surface area contributed by atoms with Gasteiger partial charge in [0.25, 0.3) is 5.56 Å². The Hall–Kier alpha value is -4.76. The molecule has 0 saturated carbocycles. The summed E-state index contributed by atoms with van der Waals surface area (Å²) in [5.74, 6) is 0. The third-order valence-corrected chi connectivity index (χ3v) is 7.22. The van der Waals surface area contributed by atoms with Crippen LogP contribution >= 0.6 is 0 Å². The predicted molar refractivity (Wildman–Crippen MR) is 154 cm³/mol. The van der Waals surface area contributed by atoms with Gasteiger partial charge in [0, 0.05) is 22.4 Å². The first-order chi connectivity index (χ1) is 18.3. The van der Waals surface area contributed by atoms with Crippen molar-refractivity contribution in [2.24, 2.45) is 0 Å². The second-order valence-corrected chi connectivity index (χ2v) is 9.53. The molecule has 0 N–H and O–H groups in total. The van der Waals surface area contributed by atoms with Crippen LogP contribution in [-0.2, 0) is 0 Å². The van der Waals surface area contributed by atoms with Crippen LogP contribution in [0.3, 0.4) is 0 Å². The molecule has 0 bridgehead atoms. The maximum atomic E-state index is 14.1. The molecule has 37 heavy (non-hydrogen) atoms. The molecule has 1 aliphatic rings. The van der Waals surface area contributed by atoms with Gasteiger partial charge in [0.2, 0.25) is 0 Å². The number of allylic oxidation sites excluding steroid dienone is 4. The molecule has 2 heterocycles. The van der Waals surface area contributed by atoms with Gasteiger partial charge in [0.05, 0.1) is 16.7 Å². The number of hydrogen-bond acceptors (Lipinski definition) is 2. The normalized spacial score (nSPS) is 13.4. The maximum Gasteiger partial charge on any atom is 0.263 e. The second kappa shape index (κ2) is 8.72. The van der Waals surface area contributed by atoms with Crippen molar-refractivity contribution < 1.29 is 0 Å². The van der Waals surface area contributed by atoms with E-state index < -0.39 is 0 Å².